The maximum atomic E-state index is 11.3. The van der Waals surface area contributed by atoms with E-state index in [1.807, 2.05) is 49.3 Å². The van der Waals surface area contributed by atoms with Gasteiger partial charge >= 0.3 is 6.09 Å². The fraction of sp³-hybridized carbons (Fsp3) is 0.462. The second-order valence-corrected chi connectivity index (χ2v) is 4.10. The van der Waals surface area contributed by atoms with Crippen LogP contribution < -0.4 is 5.32 Å². The molecule has 94 valence electrons. The Kier molecular flexibility index (Phi) is 6.10. The Morgan fingerprint density at radius 3 is 2.65 bits per heavy atom. The van der Waals surface area contributed by atoms with Crippen molar-refractivity contribution in [1.82, 2.24) is 10.2 Å². The second-order valence-electron chi connectivity index (χ2n) is 4.10. The first-order chi connectivity index (χ1) is 8.18. The highest BCUT2D eigenvalue weighted by Crippen LogP contribution is 1.99. The molecule has 0 unspecified atom stereocenters. The zero-order valence-electron chi connectivity index (χ0n) is 10.5. The molecule has 1 aromatic rings. The molecular formula is C13H20N2O2. The molecule has 0 saturated heterocycles. The van der Waals surface area contributed by atoms with Gasteiger partial charge in [-0.05, 0) is 19.7 Å². The summed E-state index contributed by atoms with van der Waals surface area (Å²) in [5, 5.41) is 2.70. The van der Waals surface area contributed by atoms with Crippen LogP contribution in [0, 0.1) is 0 Å². The van der Waals surface area contributed by atoms with Gasteiger partial charge in [-0.3, -0.25) is 0 Å². The first-order valence-electron chi connectivity index (χ1n) is 5.78. The lowest BCUT2D eigenvalue weighted by Crippen LogP contribution is -2.32. The van der Waals surface area contributed by atoms with Gasteiger partial charge in [-0.2, -0.15) is 0 Å². The van der Waals surface area contributed by atoms with Gasteiger partial charge in [-0.1, -0.05) is 30.3 Å². The predicted molar refractivity (Wildman–Crippen MR) is 68.1 cm³/mol. The summed E-state index contributed by atoms with van der Waals surface area (Å²) in [6.07, 6.45) is 0.407. The molecule has 0 fully saturated rings. The minimum absolute atomic E-state index is 0.345. The third-order valence-electron chi connectivity index (χ3n) is 2.30. The minimum atomic E-state index is -0.345. The van der Waals surface area contributed by atoms with Gasteiger partial charge in [-0.25, -0.2) is 4.79 Å². The zero-order valence-corrected chi connectivity index (χ0v) is 10.5. The van der Waals surface area contributed by atoms with Crippen molar-refractivity contribution >= 4 is 6.09 Å². The normalized spacial score (nSPS) is 10.3. The average Bonchev–Trinajstić information content (AvgIpc) is 2.30. The molecule has 4 heteroatoms. The van der Waals surface area contributed by atoms with E-state index in [0.717, 1.165) is 13.0 Å². The lowest BCUT2D eigenvalue weighted by atomic mass is 10.2. The second kappa shape index (κ2) is 7.68. The topological polar surface area (TPSA) is 41.6 Å². The maximum Gasteiger partial charge on any atom is 0.407 e. The molecule has 1 rings (SSSR count). The third-order valence-corrected chi connectivity index (χ3v) is 2.30. The van der Waals surface area contributed by atoms with Crippen LogP contribution in [0.4, 0.5) is 4.79 Å². The van der Waals surface area contributed by atoms with Crippen LogP contribution in [0.25, 0.3) is 0 Å². The molecule has 0 aromatic heterocycles. The Hall–Kier alpha value is -1.55. The largest absolute Gasteiger partial charge is 0.449 e. The van der Waals surface area contributed by atoms with Gasteiger partial charge in [0.1, 0.15) is 0 Å². The SMILES string of the molecule is CN(C)CCNC(=O)OCCc1ccccc1. The monoisotopic (exact) mass is 236 g/mol. The van der Waals surface area contributed by atoms with Gasteiger partial charge in [0.25, 0.3) is 0 Å². The van der Waals surface area contributed by atoms with Gasteiger partial charge in [0.05, 0.1) is 6.61 Å². The smallest absolute Gasteiger partial charge is 0.407 e. The molecule has 4 nitrogen and oxygen atoms in total. The number of benzene rings is 1. The van der Waals surface area contributed by atoms with E-state index in [1.54, 1.807) is 0 Å². The van der Waals surface area contributed by atoms with Crippen LogP contribution in [-0.4, -0.2) is 44.8 Å². The van der Waals surface area contributed by atoms with Crippen LogP contribution in [0.15, 0.2) is 30.3 Å². The average molecular weight is 236 g/mol. The number of hydrogen-bond acceptors (Lipinski definition) is 3. The predicted octanol–water partition coefficient (Wildman–Crippen LogP) is 1.52. The summed E-state index contributed by atoms with van der Waals surface area (Å²) in [7, 11) is 3.92. The number of nitrogens with one attached hydrogen (secondary N) is 1. The van der Waals surface area contributed by atoms with Gasteiger partial charge in [0, 0.05) is 19.5 Å². The summed E-state index contributed by atoms with van der Waals surface area (Å²) >= 11 is 0. The standard InChI is InChI=1S/C13H20N2O2/c1-15(2)10-9-14-13(16)17-11-8-12-6-4-3-5-7-12/h3-7H,8-11H2,1-2H3,(H,14,16). The molecule has 0 spiro atoms. The van der Waals surface area contributed by atoms with Crippen molar-refractivity contribution in [3.63, 3.8) is 0 Å². The molecule has 1 N–H and O–H groups in total. The Balaban J connectivity index is 2.08. The van der Waals surface area contributed by atoms with Crippen molar-refractivity contribution in [3.8, 4) is 0 Å². The number of likely N-dealkylation sites (N-methyl/N-ethyl adjacent to an activating group) is 1. The van der Waals surface area contributed by atoms with Crippen LogP contribution in [0.5, 0.6) is 0 Å². The van der Waals surface area contributed by atoms with Crippen molar-refractivity contribution in [2.45, 2.75) is 6.42 Å². The minimum Gasteiger partial charge on any atom is -0.449 e. The van der Waals surface area contributed by atoms with Gasteiger partial charge in [0.15, 0.2) is 0 Å². The molecular weight excluding hydrogens is 216 g/mol. The first kappa shape index (κ1) is 13.5. The summed E-state index contributed by atoms with van der Waals surface area (Å²) in [6.45, 7) is 1.84. The molecule has 1 amide bonds. The zero-order chi connectivity index (χ0) is 12.5. The number of nitrogens with zero attached hydrogens (tertiary/aromatic N) is 1. The highest BCUT2D eigenvalue weighted by atomic mass is 16.5. The Morgan fingerprint density at radius 2 is 2.00 bits per heavy atom. The van der Waals surface area contributed by atoms with Crippen molar-refractivity contribution in [2.24, 2.45) is 0 Å². The van der Waals surface area contributed by atoms with Gasteiger partial charge < -0.3 is 15.0 Å². The van der Waals surface area contributed by atoms with Crippen molar-refractivity contribution in [2.75, 3.05) is 33.8 Å². The molecule has 0 saturated carbocycles. The fourth-order valence-electron chi connectivity index (χ4n) is 1.34. The number of ether oxygens (including phenoxy) is 1. The van der Waals surface area contributed by atoms with E-state index in [4.69, 9.17) is 4.74 Å². The molecule has 0 heterocycles. The summed E-state index contributed by atoms with van der Waals surface area (Å²) in [4.78, 5) is 13.3. The lowest BCUT2D eigenvalue weighted by Gasteiger charge is -2.10. The highest BCUT2D eigenvalue weighted by molar-refractivity contribution is 5.67. The van der Waals surface area contributed by atoms with Crippen LogP contribution in [0.3, 0.4) is 0 Å². The van der Waals surface area contributed by atoms with E-state index >= 15 is 0 Å². The molecule has 17 heavy (non-hydrogen) atoms. The van der Waals surface area contributed by atoms with Crippen molar-refractivity contribution in [1.29, 1.82) is 0 Å². The van der Waals surface area contributed by atoms with E-state index in [9.17, 15) is 4.79 Å². The van der Waals surface area contributed by atoms with Crippen molar-refractivity contribution in [3.05, 3.63) is 35.9 Å². The van der Waals surface area contributed by atoms with Crippen LogP contribution >= 0.6 is 0 Å². The molecule has 0 aliphatic rings. The number of carbonyl (C=O) groups is 1. The molecule has 0 aliphatic heterocycles. The van der Waals surface area contributed by atoms with Gasteiger partial charge in [0.2, 0.25) is 0 Å². The lowest BCUT2D eigenvalue weighted by molar-refractivity contribution is 0.146. The molecule has 0 aliphatic carbocycles. The summed E-state index contributed by atoms with van der Waals surface area (Å²) in [5.74, 6) is 0. The number of amides is 1. The number of hydrogen-bond donors (Lipinski definition) is 1. The molecule has 0 radical (unpaired) electrons. The number of alkyl carbamates (subject to hydrolysis) is 1. The first-order valence-corrected chi connectivity index (χ1v) is 5.78. The van der Waals surface area contributed by atoms with Crippen LogP contribution in [0.2, 0.25) is 0 Å². The number of carbonyl (C=O) groups excluding carboxylic acids is 1. The Morgan fingerprint density at radius 1 is 1.29 bits per heavy atom. The number of rotatable bonds is 6. The Bertz CT molecular complexity index is 325. The van der Waals surface area contributed by atoms with Crippen LogP contribution in [-0.2, 0) is 11.2 Å². The van der Waals surface area contributed by atoms with E-state index < -0.39 is 0 Å². The molecule has 1 aromatic carbocycles. The van der Waals surface area contributed by atoms with Gasteiger partial charge in [-0.15, -0.1) is 0 Å². The summed E-state index contributed by atoms with van der Waals surface area (Å²) in [6, 6.07) is 9.97. The summed E-state index contributed by atoms with van der Waals surface area (Å²) in [5.41, 5.74) is 1.17. The van der Waals surface area contributed by atoms with E-state index in [2.05, 4.69) is 5.32 Å². The quantitative estimate of drug-likeness (QED) is 0.814. The van der Waals surface area contributed by atoms with E-state index in [-0.39, 0.29) is 6.09 Å². The Labute approximate surface area is 103 Å². The highest BCUT2D eigenvalue weighted by Gasteiger charge is 2.01. The summed E-state index contributed by atoms with van der Waals surface area (Å²) < 4.78 is 5.06. The van der Waals surface area contributed by atoms with E-state index in [1.165, 1.54) is 5.56 Å². The molecule has 0 bridgehead atoms. The molecule has 0 atom stereocenters. The van der Waals surface area contributed by atoms with E-state index in [0.29, 0.717) is 13.2 Å². The maximum absolute atomic E-state index is 11.3. The third kappa shape index (κ3) is 6.58. The van der Waals surface area contributed by atoms with Crippen LogP contribution in [0.1, 0.15) is 5.56 Å². The fourth-order valence-corrected chi connectivity index (χ4v) is 1.34. The van der Waals surface area contributed by atoms with Crippen molar-refractivity contribution < 1.29 is 9.53 Å².